The molecule has 1 aromatic carbocycles. The van der Waals surface area contributed by atoms with Gasteiger partial charge in [0.2, 0.25) is 11.9 Å². The van der Waals surface area contributed by atoms with Gasteiger partial charge in [-0.2, -0.15) is 0 Å². The molecule has 140 valence electrons. The molecule has 3 rings (SSSR count). The Balaban J connectivity index is 1.56. The van der Waals surface area contributed by atoms with Gasteiger partial charge in [-0.15, -0.1) is 0 Å². The number of benzene rings is 1. The minimum absolute atomic E-state index is 0.0640. The van der Waals surface area contributed by atoms with Gasteiger partial charge in [-0.3, -0.25) is 25.0 Å². The Labute approximate surface area is 154 Å². The molecule has 1 aliphatic rings. The largest absolute Gasteiger partial charge is 0.277 e. The van der Waals surface area contributed by atoms with E-state index in [1.165, 1.54) is 36.7 Å². The zero-order chi connectivity index (χ0) is 18.4. The molecule has 0 radical (unpaired) electrons. The predicted molar refractivity (Wildman–Crippen MR) is 104 cm³/mol. The number of anilines is 1. The van der Waals surface area contributed by atoms with Crippen molar-refractivity contribution in [3.63, 3.8) is 0 Å². The van der Waals surface area contributed by atoms with Crippen molar-refractivity contribution in [2.45, 2.75) is 64.8 Å². The first kappa shape index (κ1) is 18.4. The molecule has 1 heterocycles. The highest BCUT2D eigenvalue weighted by molar-refractivity contribution is 5.79. The van der Waals surface area contributed by atoms with E-state index in [4.69, 9.17) is 0 Å². The van der Waals surface area contributed by atoms with E-state index < -0.39 is 0 Å². The lowest BCUT2D eigenvalue weighted by Crippen LogP contribution is -2.34. The van der Waals surface area contributed by atoms with E-state index in [-0.39, 0.29) is 11.5 Å². The summed E-state index contributed by atoms with van der Waals surface area (Å²) in [5.41, 5.74) is 6.05. The number of hydrazine groups is 1. The van der Waals surface area contributed by atoms with Crippen molar-refractivity contribution in [3.05, 3.63) is 34.6 Å². The Morgan fingerprint density at radius 2 is 2.00 bits per heavy atom. The van der Waals surface area contributed by atoms with Gasteiger partial charge in [-0.25, -0.2) is 4.98 Å². The van der Waals surface area contributed by atoms with Crippen LogP contribution < -0.4 is 16.4 Å². The molecule has 0 bridgehead atoms. The maximum atomic E-state index is 12.5. The average molecular weight is 356 g/mol. The summed E-state index contributed by atoms with van der Waals surface area (Å²) in [6.45, 7) is 2.37. The van der Waals surface area contributed by atoms with Crippen LogP contribution in [-0.4, -0.2) is 15.5 Å². The van der Waals surface area contributed by atoms with Crippen molar-refractivity contribution in [2.75, 3.05) is 5.43 Å². The van der Waals surface area contributed by atoms with Crippen LogP contribution in [0.3, 0.4) is 0 Å². The highest BCUT2D eigenvalue weighted by Crippen LogP contribution is 2.27. The van der Waals surface area contributed by atoms with Crippen LogP contribution in [-0.2, 0) is 11.3 Å². The summed E-state index contributed by atoms with van der Waals surface area (Å²) in [6.07, 6.45) is 9.17. The van der Waals surface area contributed by atoms with Crippen LogP contribution in [0, 0.1) is 5.92 Å². The molecular formula is C20H28N4O2. The number of fused-ring (bicyclic) bond motifs is 1. The molecule has 2 N–H and O–H groups in total. The van der Waals surface area contributed by atoms with Crippen molar-refractivity contribution >= 4 is 22.8 Å². The number of hydrogen-bond acceptors (Lipinski definition) is 4. The van der Waals surface area contributed by atoms with Crippen LogP contribution in [0.5, 0.6) is 0 Å². The Bertz CT molecular complexity index is 809. The molecule has 0 unspecified atom stereocenters. The van der Waals surface area contributed by atoms with Crippen LogP contribution >= 0.6 is 0 Å². The third-order valence-electron chi connectivity index (χ3n) is 5.23. The van der Waals surface area contributed by atoms with Crippen molar-refractivity contribution in [2.24, 2.45) is 5.92 Å². The number of rotatable bonds is 7. The molecule has 1 amide bonds. The number of amides is 1. The Morgan fingerprint density at radius 3 is 2.77 bits per heavy atom. The first-order valence-electron chi connectivity index (χ1n) is 9.73. The fraction of sp³-hybridized carbons (Fsp3) is 0.550. The highest BCUT2D eigenvalue weighted by atomic mass is 16.2. The lowest BCUT2D eigenvalue weighted by atomic mass is 9.86. The number of nitrogens with one attached hydrogen (secondary N) is 2. The molecule has 0 aliphatic heterocycles. The zero-order valence-electron chi connectivity index (χ0n) is 15.5. The third-order valence-corrected chi connectivity index (χ3v) is 5.23. The SMILES string of the molecule is CCn1c(NNC(=O)CCCC2CCCCC2)nc2ccccc2c1=O. The molecule has 0 spiro atoms. The van der Waals surface area contributed by atoms with E-state index in [0.29, 0.717) is 29.8 Å². The second-order valence-corrected chi connectivity index (χ2v) is 7.07. The number of aromatic nitrogens is 2. The van der Waals surface area contributed by atoms with Gasteiger partial charge in [0.05, 0.1) is 10.9 Å². The van der Waals surface area contributed by atoms with Gasteiger partial charge in [0.25, 0.3) is 5.56 Å². The summed E-state index contributed by atoms with van der Waals surface area (Å²) in [4.78, 5) is 29.1. The Kier molecular flexibility index (Phi) is 6.26. The number of hydrogen-bond donors (Lipinski definition) is 2. The summed E-state index contributed by atoms with van der Waals surface area (Å²) >= 11 is 0. The van der Waals surface area contributed by atoms with Crippen molar-refractivity contribution in [1.82, 2.24) is 15.0 Å². The standard InChI is InChI=1S/C20H28N4O2/c1-2-24-19(26)16-12-6-7-13-17(16)21-20(24)23-22-18(25)14-8-11-15-9-4-3-5-10-15/h6-7,12-13,15H,2-5,8-11,14H2,1H3,(H,21,23)(H,22,25). The van der Waals surface area contributed by atoms with E-state index in [2.05, 4.69) is 15.8 Å². The summed E-state index contributed by atoms with van der Waals surface area (Å²) < 4.78 is 1.53. The fourth-order valence-corrected chi connectivity index (χ4v) is 3.77. The van der Waals surface area contributed by atoms with Crippen LogP contribution in [0.25, 0.3) is 10.9 Å². The summed E-state index contributed by atoms with van der Waals surface area (Å²) in [5.74, 6) is 1.10. The maximum Gasteiger partial charge on any atom is 0.262 e. The smallest absolute Gasteiger partial charge is 0.262 e. The maximum absolute atomic E-state index is 12.5. The zero-order valence-corrected chi connectivity index (χ0v) is 15.5. The monoisotopic (exact) mass is 356 g/mol. The molecule has 0 atom stereocenters. The molecule has 6 heteroatoms. The van der Waals surface area contributed by atoms with E-state index in [9.17, 15) is 9.59 Å². The van der Waals surface area contributed by atoms with Gasteiger partial charge in [-0.1, -0.05) is 44.2 Å². The van der Waals surface area contributed by atoms with E-state index >= 15 is 0 Å². The van der Waals surface area contributed by atoms with Crippen molar-refractivity contribution < 1.29 is 4.79 Å². The molecule has 6 nitrogen and oxygen atoms in total. The second kappa shape index (κ2) is 8.83. The molecule has 1 saturated carbocycles. The number of nitrogens with zero attached hydrogens (tertiary/aromatic N) is 2. The first-order chi connectivity index (χ1) is 12.7. The summed E-state index contributed by atoms with van der Waals surface area (Å²) in [5, 5.41) is 0.582. The van der Waals surface area contributed by atoms with Crippen molar-refractivity contribution in [3.8, 4) is 0 Å². The summed E-state index contributed by atoms with van der Waals surface area (Å²) in [7, 11) is 0. The van der Waals surface area contributed by atoms with E-state index in [1.807, 2.05) is 19.1 Å². The van der Waals surface area contributed by atoms with Gasteiger partial charge >= 0.3 is 0 Å². The number of carbonyl (C=O) groups is 1. The van der Waals surface area contributed by atoms with Gasteiger partial charge in [0.1, 0.15) is 0 Å². The van der Waals surface area contributed by atoms with Crippen LogP contribution in [0.15, 0.2) is 29.1 Å². The van der Waals surface area contributed by atoms with E-state index in [1.54, 1.807) is 12.1 Å². The van der Waals surface area contributed by atoms with E-state index in [0.717, 1.165) is 18.8 Å². The lowest BCUT2D eigenvalue weighted by molar-refractivity contribution is -0.120. The van der Waals surface area contributed by atoms with Crippen LogP contribution in [0.1, 0.15) is 58.3 Å². The van der Waals surface area contributed by atoms with Gasteiger partial charge in [-0.05, 0) is 37.8 Å². The number of carbonyl (C=O) groups excluding carboxylic acids is 1. The molecule has 0 saturated heterocycles. The number of para-hydroxylation sites is 1. The first-order valence-corrected chi connectivity index (χ1v) is 9.73. The molecule has 1 fully saturated rings. The minimum Gasteiger partial charge on any atom is -0.277 e. The fourth-order valence-electron chi connectivity index (χ4n) is 3.77. The van der Waals surface area contributed by atoms with Crippen LogP contribution in [0.2, 0.25) is 0 Å². The van der Waals surface area contributed by atoms with Crippen LogP contribution in [0.4, 0.5) is 5.95 Å². The summed E-state index contributed by atoms with van der Waals surface area (Å²) in [6, 6.07) is 7.24. The van der Waals surface area contributed by atoms with Gasteiger partial charge < -0.3 is 0 Å². The highest BCUT2D eigenvalue weighted by Gasteiger charge is 2.14. The minimum atomic E-state index is -0.104. The molecular weight excluding hydrogens is 328 g/mol. The Hall–Kier alpha value is -2.37. The quantitative estimate of drug-likeness (QED) is 0.743. The predicted octanol–water partition coefficient (Wildman–Crippen LogP) is 3.61. The molecule has 2 aromatic rings. The average Bonchev–Trinajstić information content (AvgIpc) is 2.67. The van der Waals surface area contributed by atoms with Gasteiger partial charge in [0.15, 0.2) is 0 Å². The molecule has 1 aromatic heterocycles. The normalized spacial score (nSPS) is 15.1. The third kappa shape index (κ3) is 4.42. The molecule has 1 aliphatic carbocycles. The Morgan fingerprint density at radius 1 is 1.23 bits per heavy atom. The topological polar surface area (TPSA) is 76.0 Å². The molecule has 26 heavy (non-hydrogen) atoms. The second-order valence-electron chi connectivity index (χ2n) is 7.07. The van der Waals surface area contributed by atoms with Gasteiger partial charge in [0, 0.05) is 13.0 Å². The van der Waals surface area contributed by atoms with Crippen molar-refractivity contribution in [1.29, 1.82) is 0 Å². The lowest BCUT2D eigenvalue weighted by Gasteiger charge is -2.21.